The van der Waals surface area contributed by atoms with E-state index in [2.05, 4.69) is 31.4 Å². The van der Waals surface area contributed by atoms with Crippen molar-refractivity contribution in [1.29, 1.82) is 0 Å². The van der Waals surface area contributed by atoms with Crippen LogP contribution in [0.1, 0.15) is 50.5 Å². The quantitative estimate of drug-likeness (QED) is 0.813. The molecule has 0 spiro atoms. The predicted octanol–water partition coefficient (Wildman–Crippen LogP) is 1.94. The Kier molecular flexibility index (Phi) is 7.36. The Morgan fingerprint density at radius 3 is 2.00 bits per heavy atom. The maximum Gasteiger partial charge on any atom is 0.251 e. The van der Waals surface area contributed by atoms with Crippen LogP contribution in [0.25, 0.3) is 0 Å². The molecule has 0 saturated carbocycles. The number of rotatable bonds is 6. The van der Waals surface area contributed by atoms with Gasteiger partial charge in [0.25, 0.3) is 5.91 Å². The van der Waals surface area contributed by atoms with Crippen LogP contribution in [0.15, 0.2) is 24.3 Å². The number of hydrogen-bond donors (Lipinski definition) is 2. The van der Waals surface area contributed by atoms with Crippen LogP contribution in [0.3, 0.4) is 0 Å². The maximum atomic E-state index is 12.5. The first kappa shape index (κ1) is 21.7. The van der Waals surface area contributed by atoms with Crippen molar-refractivity contribution in [2.45, 2.75) is 46.1 Å². The molecule has 0 aliphatic heterocycles. The van der Waals surface area contributed by atoms with Crippen molar-refractivity contribution in [2.24, 2.45) is 5.92 Å². The Bertz CT molecular complexity index is 643. The van der Waals surface area contributed by atoms with Crippen molar-refractivity contribution in [1.82, 2.24) is 15.5 Å². The number of nitrogens with one attached hydrogen (secondary N) is 2. The molecule has 26 heavy (non-hydrogen) atoms. The average molecular weight is 361 g/mol. The SMILES string of the molecule is CC(C)[C@H](NC(=O)c1ccc(C(C)(C)C)cc1)C(=O)NCC(=O)N(C)C. The fraction of sp³-hybridized carbons (Fsp3) is 0.550. The summed E-state index contributed by atoms with van der Waals surface area (Å²) in [5.41, 5.74) is 1.64. The topological polar surface area (TPSA) is 78.5 Å². The van der Waals surface area contributed by atoms with Crippen LogP contribution >= 0.6 is 0 Å². The second-order valence-corrected chi connectivity index (χ2v) is 8.03. The van der Waals surface area contributed by atoms with Crippen LogP contribution in [-0.4, -0.2) is 49.3 Å². The molecule has 1 aromatic carbocycles. The summed E-state index contributed by atoms with van der Waals surface area (Å²) in [5.74, 6) is -0.986. The molecule has 0 aromatic heterocycles. The van der Waals surface area contributed by atoms with Gasteiger partial charge in [0.2, 0.25) is 11.8 Å². The van der Waals surface area contributed by atoms with E-state index >= 15 is 0 Å². The second kappa shape index (κ2) is 8.83. The molecule has 0 aliphatic carbocycles. The van der Waals surface area contributed by atoms with Gasteiger partial charge in [-0.15, -0.1) is 0 Å². The molecule has 0 fully saturated rings. The normalized spacial score (nSPS) is 12.5. The molecule has 1 aromatic rings. The van der Waals surface area contributed by atoms with Gasteiger partial charge >= 0.3 is 0 Å². The molecule has 0 unspecified atom stereocenters. The van der Waals surface area contributed by atoms with E-state index in [0.717, 1.165) is 5.56 Å². The molecule has 0 saturated heterocycles. The van der Waals surface area contributed by atoms with Gasteiger partial charge in [-0.3, -0.25) is 14.4 Å². The summed E-state index contributed by atoms with van der Waals surface area (Å²) < 4.78 is 0. The number of benzene rings is 1. The van der Waals surface area contributed by atoms with Gasteiger partial charge in [-0.25, -0.2) is 0 Å². The second-order valence-electron chi connectivity index (χ2n) is 8.03. The van der Waals surface area contributed by atoms with Gasteiger partial charge in [0.1, 0.15) is 6.04 Å². The molecule has 0 bridgehead atoms. The van der Waals surface area contributed by atoms with E-state index in [-0.39, 0.29) is 35.6 Å². The predicted molar refractivity (Wildman–Crippen MR) is 103 cm³/mol. The molecular weight excluding hydrogens is 330 g/mol. The van der Waals surface area contributed by atoms with Crippen LogP contribution in [0.4, 0.5) is 0 Å². The Morgan fingerprint density at radius 1 is 1.04 bits per heavy atom. The van der Waals surface area contributed by atoms with Gasteiger partial charge in [-0.1, -0.05) is 46.8 Å². The standard InChI is InChI=1S/C20H31N3O3/c1-13(2)17(19(26)21-12-16(24)23(6)7)22-18(25)14-8-10-15(11-9-14)20(3,4)5/h8-11,13,17H,12H2,1-7H3,(H,21,26)(H,22,25)/t17-/m0/s1. The zero-order valence-corrected chi connectivity index (χ0v) is 16.8. The third-order valence-corrected chi connectivity index (χ3v) is 4.16. The third kappa shape index (κ3) is 6.17. The monoisotopic (exact) mass is 361 g/mol. The van der Waals surface area contributed by atoms with Gasteiger partial charge in [0.05, 0.1) is 6.54 Å². The molecule has 2 N–H and O–H groups in total. The van der Waals surface area contributed by atoms with Crippen LogP contribution < -0.4 is 10.6 Å². The Balaban J connectivity index is 2.79. The average Bonchev–Trinajstić information content (AvgIpc) is 2.55. The van der Waals surface area contributed by atoms with Crippen LogP contribution in [0.2, 0.25) is 0 Å². The summed E-state index contributed by atoms with van der Waals surface area (Å²) in [7, 11) is 3.24. The Labute approximate surface area is 156 Å². The fourth-order valence-corrected chi connectivity index (χ4v) is 2.31. The largest absolute Gasteiger partial charge is 0.347 e. The first-order chi connectivity index (χ1) is 11.9. The van der Waals surface area contributed by atoms with Crippen molar-refractivity contribution in [3.8, 4) is 0 Å². The number of carbonyl (C=O) groups is 3. The van der Waals surface area contributed by atoms with Crippen molar-refractivity contribution >= 4 is 17.7 Å². The molecule has 1 atom stereocenters. The number of hydrogen-bond acceptors (Lipinski definition) is 3. The lowest BCUT2D eigenvalue weighted by molar-refractivity contribution is -0.131. The first-order valence-electron chi connectivity index (χ1n) is 8.82. The van der Waals surface area contributed by atoms with Crippen molar-refractivity contribution in [3.63, 3.8) is 0 Å². The van der Waals surface area contributed by atoms with Crippen molar-refractivity contribution in [3.05, 3.63) is 35.4 Å². The molecule has 6 heteroatoms. The zero-order valence-electron chi connectivity index (χ0n) is 16.8. The van der Waals surface area contributed by atoms with Gasteiger partial charge < -0.3 is 15.5 Å². The molecule has 0 aliphatic rings. The molecule has 3 amide bonds. The third-order valence-electron chi connectivity index (χ3n) is 4.16. The number of carbonyl (C=O) groups excluding carboxylic acids is 3. The van der Waals surface area contributed by atoms with E-state index in [0.29, 0.717) is 5.56 Å². The van der Waals surface area contributed by atoms with Crippen molar-refractivity contribution < 1.29 is 14.4 Å². The van der Waals surface area contributed by atoms with Crippen LogP contribution in [-0.2, 0) is 15.0 Å². The number of nitrogens with zero attached hydrogens (tertiary/aromatic N) is 1. The molecule has 0 heterocycles. The van der Waals surface area contributed by atoms with Crippen molar-refractivity contribution in [2.75, 3.05) is 20.6 Å². The molecule has 1 rings (SSSR count). The zero-order chi connectivity index (χ0) is 20.1. The highest BCUT2D eigenvalue weighted by atomic mass is 16.2. The van der Waals surface area contributed by atoms with E-state index < -0.39 is 6.04 Å². The van der Waals surface area contributed by atoms with Gasteiger partial charge in [-0.2, -0.15) is 0 Å². The van der Waals surface area contributed by atoms with E-state index in [1.807, 2.05) is 26.0 Å². The molecule has 144 valence electrons. The number of likely N-dealkylation sites (N-methyl/N-ethyl adjacent to an activating group) is 1. The Morgan fingerprint density at radius 2 is 1.58 bits per heavy atom. The van der Waals surface area contributed by atoms with Crippen LogP contribution in [0, 0.1) is 5.92 Å². The molecule has 0 radical (unpaired) electrons. The fourth-order valence-electron chi connectivity index (χ4n) is 2.31. The van der Waals surface area contributed by atoms with Crippen LogP contribution in [0.5, 0.6) is 0 Å². The minimum Gasteiger partial charge on any atom is -0.347 e. The molecular formula is C20H31N3O3. The minimum atomic E-state index is -0.709. The van der Waals surface area contributed by atoms with E-state index in [1.54, 1.807) is 26.2 Å². The first-order valence-corrected chi connectivity index (χ1v) is 8.82. The van der Waals surface area contributed by atoms with Gasteiger partial charge in [0, 0.05) is 19.7 Å². The smallest absolute Gasteiger partial charge is 0.251 e. The highest BCUT2D eigenvalue weighted by Gasteiger charge is 2.25. The number of amides is 3. The summed E-state index contributed by atoms with van der Waals surface area (Å²) in [6.45, 7) is 9.93. The summed E-state index contributed by atoms with van der Waals surface area (Å²) >= 11 is 0. The molecule has 6 nitrogen and oxygen atoms in total. The lowest BCUT2D eigenvalue weighted by Gasteiger charge is -2.23. The maximum absolute atomic E-state index is 12.5. The highest BCUT2D eigenvalue weighted by molar-refractivity contribution is 5.98. The Hall–Kier alpha value is -2.37. The van der Waals surface area contributed by atoms with E-state index in [4.69, 9.17) is 0 Å². The summed E-state index contributed by atoms with van der Waals surface area (Å²) in [6, 6.07) is 6.67. The lowest BCUT2D eigenvalue weighted by Crippen LogP contribution is -2.51. The van der Waals surface area contributed by atoms with Gasteiger partial charge in [-0.05, 0) is 29.0 Å². The van der Waals surface area contributed by atoms with Gasteiger partial charge in [0.15, 0.2) is 0 Å². The minimum absolute atomic E-state index is 0.00827. The summed E-state index contributed by atoms with van der Waals surface area (Å²) in [5, 5.41) is 5.35. The highest BCUT2D eigenvalue weighted by Crippen LogP contribution is 2.22. The summed E-state index contributed by atoms with van der Waals surface area (Å²) in [6.07, 6.45) is 0. The summed E-state index contributed by atoms with van der Waals surface area (Å²) in [4.78, 5) is 37.9. The lowest BCUT2D eigenvalue weighted by atomic mass is 9.86. The van der Waals surface area contributed by atoms with E-state index in [9.17, 15) is 14.4 Å². The van der Waals surface area contributed by atoms with E-state index in [1.165, 1.54) is 4.90 Å².